The van der Waals surface area contributed by atoms with Gasteiger partial charge in [-0.15, -0.1) is 0 Å². The highest BCUT2D eigenvalue weighted by Crippen LogP contribution is 2.31. The molecule has 16 heteroatoms. The molecule has 43 heavy (non-hydrogen) atoms. The number of cyclic esters (lactones) is 1. The molecule has 0 bridgehead atoms. The Morgan fingerprint density at radius 3 is 2.56 bits per heavy atom. The predicted octanol–water partition coefficient (Wildman–Crippen LogP) is 1.55. The third-order valence-electron chi connectivity index (χ3n) is 6.98. The average Bonchev–Trinajstić information content (AvgIpc) is 3.59. The number of halogens is 2. The van der Waals surface area contributed by atoms with E-state index in [0.29, 0.717) is 5.78 Å². The summed E-state index contributed by atoms with van der Waals surface area (Å²) in [6, 6.07) is 3.82. The lowest BCUT2D eigenvalue weighted by Gasteiger charge is -2.36. The van der Waals surface area contributed by atoms with Crippen molar-refractivity contribution in [3.8, 4) is 0 Å². The van der Waals surface area contributed by atoms with E-state index in [4.69, 9.17) is 9.47 Å². The first-order valence-electron chi connectivity index (χ1n) is 13.7. The van der Waals surface area contributed by atoms with Crippen LogP contribution in [0.2, 0.25) is 0 Å². The molecule has 2 aliphatic heterocycles. The van der Waals surface area contributed by atoms with Gasteiger partial charge in [-0.3, -0.25) is 18.9 Å². The van der Waals surface area contributed by atoms with Crippen LogP contribution in [-0.2, 0) is 14.3 Å². The number of imidazole rings is 1. The Morgan fingerprint density at radius 2 is 1.86 bits per heavy atom. The number of amides is 4. The summed E-state index contributed by atoms with van der Waals surface area (Å²) in [6.45, 7) is 2.75. The summed E-state index contributed by atoms with van der Waals surface area (Å²) in [6.07, 6.45) is 2.71. The third-order valence-corrected chi connectivity index (χ3v) is 6.98. The fourth-order valence-corrected chi connectivity index (χ4v) is 4.88. The topological polar surface area (TPSA) is 151 Å². The van der Waals surface area contributed by atoms with Gasteiger partial charge in [0, 0.05) is 69.9 Å². The van der Waals surface area contributed by atoms with Crippen molar-refractivity contribution >= 4 is 41.2 Å². The zero-order chi connectivity index (χ0) is 30.5. The van der Waals surface area contributed by atoms with E-state index >= 15 is 8.78 Å². The minimum absolute atomic E-state index is 0.0130. The Bertz CT molecular complexity index is 1470. The quantitative estimate of drug-likeness (QED) is 0.373. The zero-order valence-corrected chi connectivity index (χ0v) is 23.3. The minimum Gasteiger partial charge on any atom is -0.450 e. The van der Waals surface area contributed by atoms with Crippen molar-refractivity contribution in [2.24, 2.45) is 0 Å². The molecule has 0 radical (unpaired) electrons. The monoisotopic (exact) mass is 600 g/mol. The first-order valence-corrected chi connectivity index (χ1v) is 13.7. The smallest absolute Gasteiger partial charge is 0.414 e. The van der Waals surface area contributed by atoms with Gasteiger partial charge >= 0.3 is 12.2 Å². The van der Waals surface area contributed by atoms with Crippen molar-refractivity contribution in [3.05, 3.63) is 54.1 Å². The third kappa shape index (κ3) is 6.73. The molecule has 1 atom stereocenters. The molecular formula is C27H30F2N8O6. The van der Waals surface area contributed by atoms with E-state index in [1.54, 1.807) is 40.9 Å². The maximum atomic E-state index is 15.2. The molecule has 14 nitrogen and oxygen atoms in total. The Balaban J connectivity index is 1.10. The molecule has 0 spiro atoms. The summed E-state index contributed by atoms with van der Waals surface area (Å²) in [5.74, 6) is -1.96. The molecule has 3 aromatic rings. The van der Waals surface area contributed by atoms with Crippen LogP contribution in [-0.4, -0.2) is 102 Å². The van der Waals surface area contributed by atoms with Crippen LogP contribution in [0.4, 0.5) is 29.7 Å². The summed E-state index contributed by atoms with van der Waals surface area (Å²) < 4.78 is 41.9. The van der Waals surface area contributed by atoms with Crippen LogP contribution in [0, 0.1) is 11.6 Å². The van der Waals surface area contributed by atoms with E-state index in [0.717, 1.165) is 17.0 Å². The number of nitrogens with zero attached hydrogens (tertiary/aromatic N) is 6. The molecule has 2 aromatic heterocycles. The number of ether oxygens (including phenoxy) is 2. The number of nitrogens with one attached hydrogen (secondary N) is 2. The molecule has 2 aliphatic rings. The van der Waals surface area contributed by atoms with Crippen LogP contribution in [0.5, 0.6) is 0 Å². The van der Waals surface area contributed by atoms with Gasteiger partial charge in [-0.1, -0.05) is 0 Å². The van der Waals surface area contributed by atoms with Crippen LogP contribution >= 0.6 is 0 Å². The van der Waals surface area contributed by atoms with Crippen molar-refractivity contribution in [1.82, 2.24) is 29.9 Å². The second kappa shape index (κ2) is 12.9. The molecule has 2 saturated heterocycles. The first-order chi connectivity index (χ1) is 20.7. The van der Waals surface area contributed by atoms with Crippen LogP contribution in [0.15, 0.2) is 36.8 Å². The Morgan fingerprint density at radius 1 is 1.12 bits per heavy atom. The summed E-state index contributed by atoms with van der Waals surface area (Å²) in [7, 11) is 0. The van der Waals surface area contributed by atoms with Crippen LogP contribution in [0.25, 0.3) is 5.78 Å². The number of fused-ring (bicyclic) bond motifs is 1. The maximum absolute atomic E-state index is 15.2. The van der Waals surface area contributed by atoms with Gasteiger partial charge in [-0.05, 0) is 13.0 Å². The lowest BCUT2D eigenvalue weighted by atomic mass is 10.2. The Hall–Kier alpha value is -5.02. The van der Waals surface area contributed by atoms with Crippen LogP contribution in [0.1, 0.15) is 23.8 Å². The molecule has 0 saturated carbocycles. The summed E-state index contributed by atoms with van der Waals surface area (Å²) in [5.41, 5.74) is -0.0846. The molecule has 4 amide bonds. The molecular weight excluding hydrogens is 570 g/mol. The summed E-state index contributed by atoms with van der Waals surface area (Å²) in [5, 5.41) is 5.13. The van der Waals surface area contributed by atoms with E-state index < -0.39 is 35.8 Å². The lowest BCUT2D eigenvalue weighted by molar-refractivity contribution is -0.131. The van der Waals surface area contributed by atoms with Gasteiger partial charge in [0.15, 0.2) is 11.6 Å². The van der Waals surface area contributed by atoms with Crippen molar-refractivity contribution < 1.29 is 37.4 Å². The average molecular weight is 601 g/mol. The molecule has 2 N–H and O–H groups in total. The molecule has 228 valence electrons. The summed E-state index contributed by atoms with van der Waals surface area (Å²) in [4.78, 5) is 61.3. The van der Waals surface area contributed by atoms with E-state index in [1.165, 1.54) is 4.90 Å². The van der Waals surface area contributed by atoms with E-state index in [2.05, 4.69) is 20.6 Å². The first kappa shape index (κ1) is 29.5. The van der Waals surface area contributed by atoms with E-state index in [1.807, 2.05) is 0 Å². The number of carbonyl (C=O) groups excluding carboxylic acids is 4. The molecule has 4 heterocycles. The Labute approximate surface area is 244 Å². The fraction of sp³-hybridized carbons (Fsp3) is 0.407. The highest BCUT2D eigenvalue weighted by atomic mass is 19.1. The maximum Gasteiger partial charge on any atom is 0.414 e. The summed E-state index contributed by atoms with van der Waals surface area (Å²) >= 11 is 0. The van der Waals surface area contributed by atoms with Crippen molar-refractivity contribution in [3.63, 3.8) is 0 Å². The lowest BCUT2D eigenvalue weighted by Crippen LogP contribution is -2.49. The van der Waals surface area contributed by atoms with Gasteiger partial charge < -0.3 is 29.9 Å². The molecule has 5 rings (SSSR count). The number of alkyl carbamates (subject to hydrolysis) is 1. The fourth-order valence-electron chi connectivity index (χ4n) is 4.88. The minimum atomic E-state index is -0.861. The van der Waals surface area contributed by atoms with Gasteiger partial charge in [0.05, 0.1) is 25.4 Å². The highest BCUT2D eigenvalue weighted by Gasteiger charge is 2.34. The second-order valence-electron chi connectivity index (χ2n) is 9.80. The van der Waals surface area contributed by atoms with Gasteiger partial charge in [0.1, 0.15) is 17.5 Å². The molecule has 2 fully saturated rings. The predicted molar refractivity (Wildman–Crippen MR) is 148 cm³/mol. The number of benzene rings is 1. The molecule has 0 unspecified atom stereocenters. The number of anilines is 2. The molecule has 1 aromatic carbocycles. The number of piperazine rings is 1. The van der Waals surface area contributed by atoms with Crippen LogP contribution < -0.4 is 20.4 Å². The van der Waals surface area contributed by atoms with Crippen molar-refractivity contribution in [2.45, 2.75) is 19.4 Å². The van der Waals surface area contributed by atoms with Gasteiger partial charge in [-0.25, -0.2) is 28.3 Å². The normalized spacial score (nSPS) is 16.8. The van der Waals surface area contributed by atoms with Gasteiger partial charge in [0.2, 0.25) is 11.7 Å². The largest absolute Gasteiger partial charge is 0.450 e. The van der Waals surface area contributed by atoms with Crippen molar-refractivity contribution in [2.75, 3.05) is 62.2 Å². The van der Waals surface area contributed by atoms with Gasteiger partial charge in [0.25, 0.3) is 5.91 Å². The van der Waals surface area contributed by atoms with E-state index in [-0.39, 0.29) is 81.8 Å². The number of rotatable bonds is 9. The number of aromatic nitrogens is 3. The second-order valence-corrected chi connectivity index (χ2v) is 9.80. The standard InChI is InChI=1S/C27H30F2N8O6/c1-2-42-26(40)32-14-18-15-37(27(41)43-18)17-12-19(28)23(20(29)13-17)35-10-8-34(9-11-35)22(38)4-6-30-24(39)21-16-36-7-3-5-31-25(36)33-21/h3,5,7,12-13,16,18H,2,4,6,8-11,14-15H2,1H3,(H,30,39)(H,32,40)/t18-/m0/s1. The van der Waals surface area contributed by atoms with Gasteiger partial charge in [-0.2, -0.15) is 0 Å². The Kier molecular flexibility index (Phi) is 8.82. The molecule has 0 aliphatic carbocycles. The number of hydrogen-bond donors (Lipinski definition) is 2. The van der Waals surface area contributed by atoms with E-state index in [9.17, 15) is 19.2 Å². The van der Waals surface area contributed by atoms with Crippen LogP contribution in [0.3, 0.4) is 0 Å². The highest BCUT2D eigenvalue weighted by molar-refractivity contribution is 5.93. The van der Waals surface area contributed by atoms with Crippen molar-refractivity contribution in [1.29, 1.82) is 0 Å². The SMILES string of the molecule is CCOC(=O)NC[C@H]1CN(c2cc(F)c(N3CCN(C(=O)CCNC(=O)c4cn5cccnc5n4)CC3)c(F)c2)C(=O)O1. The number of carbonyl (C=O) groups is 4. The zero-order valence-electron chi connectivity index (χ0n) is 23.3. The number of hydrogen-bond acceptors (Lipinski definition) is 9.